The van der Waals surface area contributed by atoms with Crippen LogP contribution in [0.1, 0.15) is 31.9 Å². The van der Waals surface area contributed by atoms with Crippen LogP contribution in [0.25, 0.3) is 0 Å². The van der Waals surface area contributed by atoms with Crippen molar-refractivity contribution >= 4 is 6.09 Å². The van der Waals surface area contributed by atoms with Gasteiger partial charge in [-0.15, -0.1) is 0 Å². The second kappa shape index (κ2) is 7.14. The summed E-state index contributed by atoms with van der Waals surface area (Å²) in [6, 6.07) is 8.13. The second-order valence-electron chi connectivity index (χ2n) is 5.35. The number of rotatable bonds is 5. The van der Waals surface area contributed by atoms with Crippen molar-refractivity contribution in [3.05, 3.63) is 41.9 Å². The third-order valence-corrected chi connectivity index (χ3v) is 2.21. The van der Waals surface area contributed by atoms with E-state index in [9.17, 15) is 4.79 Å². The number of hydrogen-bond donors (Lipinski definition) is 1. The van der Waals surface area contributed by atoms with Crippen LogP contribution in [0.2, 0.25) is 0 Å². The molecule has 0 bridgehead atoms. The summed E-state index contributed by atoms with van der Waals surface area (Å²) in [6.45, 7) is 9.91. The zero-order chi connectivity index (χ0) is 14.3. The predicted molar refractivity (Wildman–Crippen MR) is 74.5 cm³/mol. The zero-order valence-electron chi connectivity index (χ0n) is 12.0. The van der Waals surface area contributed by atoms with Gasteiger partial charge in [-0.05, 0) is 33.3 Å². The molecule has 0 fully saturated rings. The summed E-state index contributed by atoms with van der Waals surface area (Å²) in [4.78, 5) is 11.3. The minimum absolute atomic E-state index is 0.340. The molecule has 0 aliphatic heterocycles. The summed E-state index contributed by atoms with van der Waals surface area (Å²) in [5.74, 6) is 0. The Balaban J connectivity index is 2.11. The normalized spacial score (nSPS) is 11.2. The Kier molecular flexibility index (Phi) is 5.83. The van der Waals surface area contributed by atoms with Crippen molar-refractivity contribution < 1.29 is 14.3 Å². The zero-order valence-corrected chi connectivity index (χ0v) is 12.0. The van der Waals surface area contributed by atoms with Crippen molar-refractivity contribution in [2.24, 2.45) is 0 Å². The van der Waals surface area contributed by atoms with Gasteiger partial charge in [0.2, 0.25) is 0 Å². The molecule has 0 aromatic heterocycles. The van der Waals surface area contributed by atoms with Gasteiger partial charge >= 0.3 is 6.09 Å². The molecule has 0 heterocycles. The highest BCUT2D eigenvalue weighted by molar-refractivity contribution is 5.68. The van der Waals surface area contributed by atoms with Crippen LogP contribution in [-0.2, 0) is 16.1 Å². The lowest BCUT2D eigenvalue weighted by Gasteiger charge is -2.19. The lowest BCUT2D eigenvalue weighted by Crippen LogP contribution is -2.31. The van der Waals surface area contributed by atoms with E-state index < -0.39 is 11.7 Å². The van der Waals surface area contributed by atoms with Gasteiger partial charge in [-0.2, -0.15) is 0 Å². The smallest absolute Gasteiger partial charge is 0.408 e. The number of carbonyl (C=O) groups is 1. The van der Waals surface area contributed by atoms with Crippen LogP contribution in [0.3, 0.4) is 0 Å². The molecule has 19 heavy (non-hydrogen) atoms. The fourth-order valence-electron chi connectivity index (χ4n) is 1.35. The maximum Gasteiger partial charge on any atom is 0.408 e. The van der Waals surface area contributed by atoms with Crippen LogP contribution in [0.15, 0.2) is 24.3 Å². The third kappa shape index (κ3) is 7.47. The fraction of sp³-hybridized carbons (Fsp3) is 0.467. The lowest BCUT2D eigenvalue weighted by atomic mass is 10.2. The number of benzene rings is 1. The average molecular weight is 264 g/mol. The van der Waals surface area contributed by atoms with Gasteiger partial charge in [0.25, 0.3) is 0 Å². The van der Waals surface area contributed by atoms with Gasteiger partial charge in [-0.1, -0.05) is 29.8 Å². The molecule has 0 saturated heterocycles. The van der Waals surface area contributed by atoms with E-state index in [1.165, 1.54) is 5.56 Å². The molecule has 4 nitrogen and oxygen atoms in total. The van der Waals surface area contributed by atoms with E-state index >= 15 is 0 Å². The number of amides is 1. The first-order chi connectivity index (χ1) is 8.87. The van der Waals surface area contributed by atoms with E-state index in [1.54, 1.807) is 6.54 Å². The van der Waals surface area contributed by atoms with Crippen molar-refractivity contribution in [3.63, 3.8) is 0 Å². The molecular weight excluding hydrogens is 242 g/mol. The SMILES string of the molecule is Cc1ccc(COC[CH]NC(=O)OC(C)(C)C)cc1. The van der Waals surface area contributed by atoms with Crippen LogP contribution in [-0.4, -0.2) is 18.3 Å². The summed E-state index contributed by atoms with van der Waals surface area (Å²) in [5, 5.41) is 2.52. The molecule has 1 rings (SSSR count). The fourth-order valence-corrected chi connectivity index (χ4v) is 1.35. The van der Waals surface area contributed by atoms with Crippen LogP contribution in [0.4, 0.5) is 4.79 Å². The van der Waals surface area contributed by atoms with Gasteiger partial charge in [0.1, 0.15) is 5.60 Å². The molecule has 1 radical (unpaired) electrons. The highest BCUT2D eigenvalue weighted by Gasteiger charge is 2.15. The Morgan fingerprint density at radius 2 is 1.89 bits per heavy atom. The lowest BCUT2D eigenvalue weighted by molar-refractivity contribution is 0.0522. The molecule has 1 amide bonds. The number of nitrogens with one attached hydrogen (secondary N) is 1. The second-order valence-corrected chi connectivity index (χ2v) is 5.35. The van der Waals surface area contributed by atoms with Crippen LogP contribution in [0.5, 0.6) is 0 Å². The third-order valence-electron chi connectivity index (χ3n) is 2.21. The highest BCUT2D eigenvalue weighted by Crippen LogP contribution is 2.07. The summed E-state index contributed by atoms with van der Waals surface area (Å²) >= 11 is 0. The van der Waals surface area contributed by atoms with E-state index in [1.807, 2.05) is 52.0 Å². The molecule has 0 spiro atoms. The summed E-state index contributed by atoms with van der Waals surface area (Å²) in [5.41, 5.74) is 1.85. The molecule has 0 saturated carbocycles. The van der Waals surface area contributed by atoms with E-state index in [-0.39, 0.29) is 0 Å². The molecule has 4 heteroatoms. The Morgan fingerprint density at radius 1 is 1.26 bits per heavy atom. The molecule has 105 valence electrons. The number of carbonyl (C=O) groups excluding carboxylic acids is 1. The predicted octanol–water partition coefficient (Wildman–Crippen LogP) is 3.20. The van der Waals surface area contributed by atoms with Gasteiger partial charge < -0.3 is 14.8 Å². The van der Waals surface area contributed by atoms with E-state index in [0.29, 0.717) is 13.2 Å². The molecule has 0 aliphatic rings. The molecular formula is C15H22NO3. The summed E-state index contributed by atoms with van der Waals surface area (Å²) in [7, 11) is 0. The van der Waals surface area contributed by atoms with Crippen molar-refractivity contribution in [1.29, 1.82) is 0 Å². The molecule has 1 N–H and O–H groups in total. The minimum atomic E-state index is -0.485. The first kappa shape index (κ1) is 15.5. The molecule has 1 aromatic carbocycles. The van der Waals surface area contributed by atoms with Crippen molar-refractivity contribution in [2.45, 2.75) is 39.9 Å². The van der Waals surface area contributed by atoms with Crippen molar-refractivity contribution in [1.82, 2.24) is 5.32 Å². The first-order valence-electron chi connectivity index (χ1n) is 6.31. The van der Waals surface area contributed by atoms with Gasteiger partial charge in [-0.3, -0.25) is 0 Å². The number of hydrogen-bond acceptors (Lipinski definition) is 3. The molecule has 0 unspecified atom stereocenters. The first-order valence-corrected chi connectivity index (χ1v) is 6.31. The van der Waals surface area contributed by atoms with Crippen molar-refractivity contribution in [3.8, 4) is 0 Å². The Morgan fingerprint density at radius 3 is 2.47 bits per heavy atom. The number of alkyl carbamates (subject to hydrolysis) is 1. The van der Waals surface area contributed by atoms with Crippen LogP contribution >= 0.6 is 0 Å². The molecule has 0 aliphatic carbocycles. The summed E-state index contributed by atoms with van der Waals surface area (Å²) in [6.07, 6.45) is -0.466. The molecule has 1 aromatic rings. The molecule has 0 atom stereocenters. The van der Waals surface area contributed by atoms with Gasteiger partial charge in [0.05, 0.1) is 19.8 Å². The quantitative estimate of drug-likeness (QED) is 0.831. The Bertz CT molecular complexity index is 393. The Hall–Kier alpha value is -1.55. The Labute approximate surface area is 115 Å². The van der Waals surface area contributed by atoms with E-state index in [2.05, 4.69) is 5.32 Å². The highest BCUT2D eigenvalue weighted by atomic mass is 16.6. The largest absolute Gasteiger partial charge is 0.444 e. The van der Waals surface area contributed by atoms with Gasteiger partial charge in [-0.25, -0.2) is 4.79 Å². The minimum Gasteiger partial charge on any atom is -0.444 e. The topological polar surface area (TPSA) is 47.6 Å². The van der Waals surface area contributed by atoms with E-state index in [4.69, 9.17) is 9.47 Å². The van der Waals surface area contributed by atoms with Gasteiger partial charge in [0.15, 0.2) is 0 Å². The van der Waals surface area contributed by atoms with Crippen LogP contribution < -0.4 is 5.32 Å². The van der Waals surface area contributed by atoms with Crippen molar-refractivity contribution in [2.75, 3.05) is 6.61 Å². The standard InChI is InChI=1S/C15H22NO3/c1-12-5-7-13(8-6-12)11-18-10-9-16-14(17)19-15(2,3)4/h5-9H,10-11H2,1-4H3,(H,16,17). The average Bonchev–Trinajstić information content (AvgIpc) is 2.29. The monoisotopic (exact) mass is 264 g/mol. The number of ether oxygens (including phenoxy) is 2. The van der Waals surface area contributed by atoms with Gasteiger partial charge in [0, 0.05) is 0 Å². The maximum atomic E-state index is 11.3. The number of aryl methyl sites for hydroxylation is 1. The van der Waals surface area contributed by atoms with E-state index in [0.717, 1.165) is 5.56 Å². The summed E-state index contributed by atoms with van der Waals surface area (Å²) < 4.78 is 10.5. The van der Waals surface area contributed by atoms with Crippen LogP contribution in [0, 0.1) is 13.5 Å². The maximum absolute atomic E-state index is 11.3.